The Labute approximate surface area is 222 Å². The molecule has 0 fully saturated rings. The van der Waals surface area contributed by atoms with Gasteiger partial charge in [-0.25, -0.2) is 0 Å². The van der Waals surface area contributed by atoms with Crippen molar-refractivity contribution in [1.82, 2.24) is 0 Å². The Morgan fingerprint density at radius 1 is 1.05 bits per heavy atom. The predicted octanol–water partition coefficient (Wildman–Crippen LogP) is 6.04. The molecule has 0 atom stereocenters. The first kappa shape index (κ1) is 27.1. The van der Waals surface area contributed by atoms with Gasteiger partial charge in [0, 0.05) is 5.56 Å². The van der Waals surface area contributed by atoms with E-state index in [1.54, 1.807) is 36.4 Å². The van der Waals surface area contributed by atoms with Crippen LogP contribution < -0.4 is 13.7 Å². The van der Waals surface area contributed by atoms with Gasteiger partial charge < -0.3 is 13.7 Å². The fourth-order valence-electron chi connectivity index (χ4n) is 4.01. The van der Waals surface area contributed by atoms with Crippen molar-refractivity contribution in [2.45, 2.75) is 51.2 Å². The summed E-state index contributed by atoms with van der Waals surface area (Å²) in [5.74, 6) is 0.288. The standard InChI is InChI=1S/C29H29NO7S/c1-5-20-8-12-23(27(16-20)37-38(33,34)22-10-6-19(2)7-11-22)25(31)18-35-28-21(17-30-32)9-13-26-24(28)14-15-29(3,4)36-26/h6-16H,5,17-18H2,1-4H3. The van der Waals surface area contributed by atoms with Crippen molar-refractivity contribution in [3.8, 4) is 17.2 Å². The monoisotopic (exact) mass is 535 g/mol. The summed E-state index contributed by atoms with van der Waals surface area (Å²) in [6.07, 6.45) is 4.30. The van der Waals surface area contributed by atoms with Crippen LogP contribution in [0.25, 0.3) is 6.08 Å². The number of carbonyl (C=O) groups excluding carboxylic acids is 1. The van der Waals surface area contributed by atoms with Gasteiger partial charge in [-0.15, -0.1) is 0 Å². The lowest BCUT2D eigenvalue weighted by molar-refractivity contribution is 0.0917. The van der Waals surface area contributed by atoms with E-state index in [0.29, 0.717) is 29.0 Å². The van der Waals surface area contributed by atoms with Gasteiger partial charge in [-0.05, 0) is 81.3 Å². The second-order valence-electron chi connectivity index (χ2n) is 9.54. The van der Waals surface area contributed by atoms with Gasteiger partial charge >= 0.3 is 10.1 Å². The van der Waals surface area contributed by atoms with Crippen LogP contribution in [-0.2, 0) is 23.1 Å². The maximum absolute atomic E-state index is 13.3. The van der Waals surface area contributed by atoms with E-state index in [4.69, 9.17) is 13.7 Å². The van der Waals surface area contributed by atoms with Crippen LogP contribution in [0.15, 0.2) is 70.7 Å². The Kier molecular flexibility index (Phi) is 7.68. The van der Waals surface area contributed by atoms with E-state index in [1.165, 1.54) is 18.2 Å². The molecule has 0 aromatic heterocycles. The normalized spacial score (nSPS) is 13.8. The van der Waals surface area contributed by atoms with Crippen molar-refractivity contribution in [1.29, 1.82) is 0 Å². The summed E-state index contributed by atoms with van der Waals surface area (Å²) >= 11 is 0. The van der Waals surface area contributed by atoms with Gasteiger partial charge in [-0.2, -0.15) is 13.3 Å². The number of rotatable bonds is 10. The molecule has 9 heteroatoms. The van der Waals surface area contributed by atoms with Gasteiger partial charge in [0.05, 0.1) is 11.1 Å². The first-order valence-corrected chi connectivity index (χ1v) is 13.6. The molecule has 0 N–H and O–H groups in total. The molecule has 0 saturated carbocycles. The second kappa shape index (κ2) is 10.8. The van der Waals surface area contributed by atoms with Gasteiger partial charge in [-0.3, -0.25) is 4.79 Å². The highest BCUT2D eigenvalue weighted by molar-refractivity contribution is 7.87. The molecule has 1 aliphatic heterocycles. The van der Waals surface area contributed by atoms with Crippen LogP contribution in [0.1, 0.15) is 53.4 Å². The van der Waals surface area contributed by atoms with Crippen LogP contribution >= 0.6 is 0 Å². The zero-order valence-corrected chi connectivity index (χ0v) is 22.5. The van der Waals surface area contributed by atoms with Crippen LogP contribution in [-0.4, -0.2) is 26.4 Å². The Hall–Kier alpha value is -3.98. The molecule has 0 amide bonds. The molecule has 1 aliphatic rings. The van der Waals surface area contributed by atoms with Gasteiger partial charge in [0.2, 0.25) is 5.78 Å². The summed E-state index contributed by atoms with van der Waals surface area (Å²) in [4.78, 5) is 24.3. The molecular formula is C29H29NO7S. The van der Waals surface area contributed by atoms with Gasteiger partial charge in [0.15, 0.2) is 12.4 Å². The first-order valence-electron chi connectivity index (χ1n) is 12.2. The summed E-state index contributed by atoms with van der Waals surface area (Å²) < 4.78 is 43.3. The molecule has 0 unspecified atom stereocenters. The SMILES string of the molecule is CCc1ccc(C(=O)COc2c(CN=O)ccc3c2C=CC(C)(C)O3)c(OS(=O)(=O)c2ccc(C)cc2)c1. The highest BCUT2D eigenvalue weighted by atomic mass is 32.2. The average molecular weight is 536 g/mol. The Morgan fingerprint density at radius 3 is 2.47 bits per heavy atom. The van der Waals surface area contributed by atoms with Crippen molar-refractivity contribution in [3.05, 3.63) is 93.4 Å². The topological polar surface area (TPSA) is 108 Å². The molecule has 0 saturated heterocycles. The minimum atomic E-state index is -4.18. The third kappa shape index (κ3) is 5.94. The number of Topliss-reactive ketones (excluding diaryl/α,β-unsaturated/α-hetero) is 1. The number of aryl methyl sites for hydroxylation is 2. The third-order valence-corrected chi connectivity index (χ3v) is 7.36. The summed E-state index contributed by atoms with van der Waals surface area (Å²) in [5, 5.41) is 2.97. The van der Waals surface area contributed by atoms with Crippen molar-refractivity contribution in [2.75, 3.05) is 6.61 Å². The van der Waals surface area contributed by atoms with E-state index in [2.05, 4.69) is 5.18 Å². The number of fused-ring (bicyclic) bond motifs is 1. The molecule has 38 heavy (non-hydrogen) atoms. The second-order valence-corrected chi connectivity index (χ2v) is 11.1. The molecule has 3 aromatic rings. The summed E-state index contributed by atoms with van der Waals surface area (Å²) in [6, 6.07) is 14.5. The number of hydrogen-bond donors (Lipinski definition) is 0. The molecule has 0 spiro atoms. The van der Waals surface area contributed by atoms with Crippen LogP contribution in [0.2, 0.25) is 0 Å². The quantitative estimate of drug-likeness (QED) is 0.177. The number of hydrogen-bond acceptors (Lipinski definition) is 8. The summed E-state index contributed by atoms with van der Waals surface area (Å²) in [6.45, 7) is 7.00. The Balaban J connectivity index is 1.64. The highest BCUT2D eigenvalue weighted by Crippen LogP contribution is 2.39. The van der Waals surface area contributed by atoms with Crippen molar-refractivity contribution < 1.29 is 26.9 Å². The highest BCUT2D eigenvalue weighted by Gasteiger charge is 2.27. The Morgan fingerprint density at radius 2 is 1.79 bits per heavy atom. The molecule has 0 bridgehead atoms. The van der Waals surface area contributed by atoms with E-state index in [9.17, 15) is 18.1 Å². The molecule has 0 aliphatic carbocycles. The van der Waals surface area contributed by atoms with E-state index < -0.39 is 28.1 Å². The fraction of sp³-hybridized carbons (Fsp3) is 0.276. The first-order chi connectivity index (χ1) is 18.0. The van der Waals surface area contributed by atoms with Crippen LogP contribution in [0.4, 0.5) is 0 Å². The van der Waals surface area contributed by atoms with Crippen molar-refractivity contribution >= 4 is 22.0 Å². The number of ketones is 1. The maximum atomic E-state index is 13.3. The maximum Gasteiger partial charge on any atom is 0.339 e. The summed E-state index contributed by atoms with van der Waals surface area (Å²) in [7, 11) is -4.18. The fourth-order valence-corrected chi connectivity index (χ4v) is 4.95. The number of ether oxygens (including phenoxy) is 2. The smallest absolute Gasteiger partial charge is 0.339 e. The minimum Gasteiger partial charge on any atom is -0.484 e. The van der Waals surface area contributed by atoms with Crippen molar-refractivity contribution in [3.63, 3.8) is 0 Å². The zero-order chi connectivity index (χ0) is 27.5. The molecule has 4 rings (SSSR count). The van der Waals surface area contributed by atoms with E-state index in [1.807, 2.05) is 39.8 Å². The lowest BCUT2D eigenvalue weighted by Crippen LogP contribution is -2.27. The number of carbonyl (C=O) groups is 1. The molecule has 0 radical (unpaired) electrons. The van der Waals surface area contributed by atoms with Gasteiger partial charge in [-0.1, -0.05) is 35.9 Å². The molecule has 8 nitrogen and oxygen atoms in total. The zero-order valence-electron chi connectivity index (χ0n) is 21.7. The van der Waals surface area contributed by atoms with Crippen LogP contribution in [0.5, 0.6) is 17.2 Å². The minimum absolute atomic E-state index is 0.0173. The number of benzene rings is 3. The van der Waals surface area contributed by atoms with Gasteiger partial charge in [0.25, 0.3) is 0 Å². The number of nitroso groups, excluding NO2 is 1. The number of nitrogens with zero attached hydrogens (tertiary/aromatic N) is 1. The third-order valence-electron chi connectivity index (χ3n) is 6.11. The predicted molar refractivity (Wildman–Crippen MR) is 144 cm³/mol. The molecule has 3 aromatic carbocycles. The van der Waals surface area contributed by atoms with E-state index in [-0.39, 0.29) is 22.8 Å². The Bertz CT molecular complexity index is 1510. The lowest BCUT2D eigenvalue weighted by Gasteiger charge is -2.29. The van der Waals surface area contributed by atoms with Gasteiger partial charge in [0.1, 0.15) is 28.5 Å². The average Bonchev–Trinajstić information content (AvgIpc) is 2.87. The van der Waals surface area contributed by atoms with E-state index >= 15 is 0 Å². The van der Waals surface area contributed by atoms with E-state index in [0.717, 1.165) is 11.1 Å². The largest absolute Gasteiger partial charge is 0.484 e. The summed E-state index contributed by atoms with van der Waals surface area (Å²) in [5.41, 5.74) is 2.34. The van der Waals surface area contributed by atoms with Crippen LogP contribution in [0, 0.1) is 11.8 Å². The lowest BCUT2D eigenvalue weighted by atomic mass is 9.99. The van der Waals surface area contributed by atoms with Crippen molar-refractivity contribution in [2.24, 2.45) is 5.18 Å². The molecular weight excluding hydrogens is 506 g/mol. The van der Waals surface area contributed by atoms with Crippen LogP contribution in [0.3, 0.4) is 0 Å². The molecule has 1 heterocycles. The molecule has 198 valence electrons.